The Morgan fingerprint density at radius 2 is 1.63 bits per heavy atom. The largest absolute Gasteiger partial charge is 0.505 e. The van der Waals surface area contributed by atoms with E-state index < -0.39 is 23.6 Å². The Labute approximate surface area is 233 Å². The molecule has 3 N–H and O–H groups in total. The summed E-state index contributed by atoms with van der Waals surface area (Å²) in [6, 6.07) is 20.7. The van der Waals surface area contributed by atoms with Crippen LogP contribution in [-0.2, 0) is 11.0 Å². The summed E-state index contributed by atoms with van der Waals surface area (Å²) in [5.41, 5.74) is 4.13. The second kappa shape index (κ2) is 10.5. The number of aromatic hydroxyl groups is 1. The number of anilines is 3. The van der Waals surface area contributed by atoms with Crippen molar-refractivity contribution in [2.75, 3.05) is 10.3 Å². The van der Waals surface area contributed by atoms with E-state index in [9.17, 15) is 33.0 Å². The minimum atomic E-state index is -4.62. The van der Waals surface area contributed by atoms with Crippen LogP contribution in [0.3, 0.4) is 0 Å². The number of benzene rings is 4. The minimum Gasteiger partial charge on any atom is -0.505 e. The van der Waals surface area contributed by atoms with Gasteiger partial charge in [-0.2, -0.15) is 18.3 Å². The zero-order valence-corrected chi connectivity index (χ0v) is 21.9. The number of alkyl halides is 3. The molecule has 4 aromatic carbocycles. The molecule has 5 rings (SSSR count). The smallest absolute Gasteiger partial charge is 0.416 e. The van der Waals surface area contributed by atoms with E-state index in [0.29, 0.717) is 16.8 Å². The van der Waals surface area contributed by atoms with Gasteiger partial charge in [-0.15, -0.1) is 0 Å². The van der Waals surface area contributed by atoms with E-state index in [4.69, 9.17) is 0 Å². The number of hydrazone groups is 1. The molecule has 4 aromatic rings. The predicted molar refractivity (Wildman–Crippen MR) is 150 cm³/mol. The van der Waals surface area contributed by atoms with Crippen molar-refractivity contribution in [2.45, 2.75) is 25.9 Å². The quantitative estimate of drug-likeness (QED) is 0.169. The molecule has 41 heavy (non-hydrogen) atoms. The fourth-order valence-electron chi connectivity index (χ4n) is 4.60. The number of carbonyl (C=O) groups is 2. The fraction of sp³-hybridized carbons (Fsp3) is 0.129. The van der Waals surface area contributed by atoms with Crippen molar-refractivity contribution >= 4 is 34.7 Å². The number of carboxylic acids is 1. The van der Waals surface area contributed by atoms with E-state index in [0.717, 1.165) is 17.7 Å². The lowest BCUT2D eigenvalue weighted by Crippen LogP contribution is -2.26. The summed E-state index contributed by atoms with van der Waals surface area (Å²) < 4.78 is 40.7. The van der Waals surface area contributed by atoms with Gasteiger partial charge >= 0.3 is 12.1 Å². The lowest BCUT2D eigenvalue weighted by atomic mass is 10.0. The van der Waals surface area contributed by atoms with E-state index in [-0.39, 0.29) is 39.9 Å². The summed E-state index contributed by atoms with van der Waals surface area (Å²) in [5, 5.41) is 24.4. The molecule has 0 bridgehead atoms. The molecule has 0 aliphatic carbocycles. The average molecular weight is 560 g/mol. The monoisotopic (exact) mass is 559 g/mol. The van der Waals surface area contributed by atoms with Gasteiger partial charge in [-0.3, -0.25) is 15.1 Å². The summed E-state index contributed by atoms with van der Waals surface area (Å²) in [6.07, 6.45) is -4.62. The molecule has 208 valence electrons. The summed E-state index contributed by atoms with van der Waals surface area (Å²) in [6.45, 7) is 4.01. The van der Waals surface area contributed by atoms with Gasteiger partial charge in [-0.05, 0) is 65.6 Å². The van der Waals surface area contributed by atoms with Crippen LogP contribution in [0.5, 0.6) is 5.75 Å². The lowest BCUT2D eigenvalue weighted by Gasteiger charge is -2.19. The Hall–Kier alpha value is -5.12. The number of aromatic carboxylic acids is 1. The summed E-state index contributed by atoms with van der Waals surface area (Å²) in [5.74, 6) is -1.80. The third kappa shape index (κ3) is 5.23. The molecular formula is C31H24F3N3O4. The van der Waals surface area contributed by atoms with Crippen LogP contribution < -0.4 is 10.3 Å². The summed E-state index contributed by atoms with van der Waals surface area (Å²) in [7, 11) is 0. The first-order valence-corrected chi connectivity index (χ1v) is 12.6. The van der Waals surface area contributed by atoms with Gasteiger partial charge < -0.3 is 10.2 Å². The number of para-hydroxylation sites is 1. The number of amides is 1. The van der Waals surface area contributed by atoms with E-state index in [1.807, 2.05) is 26.0 Å². The SMILES string of the molecule is CC(C)c1ccc(N2C(=O)C(=NNc3cccc(-c4cccc(C(=O)O)c4)c3O)c3ccc(C(F)(F)F)cc32)cc1. The number of nitrogens with one attached hydrogen (secondary N) is 1. The van der Waals surface area contributed by atoms with Crippen molar-refractivity contribution in [3.8, 4) is 16.9 Å². The van der Waals surface area contributed by atoms with Crippen molar-refractivity contribution in [1.82, 2.24) is 0 Å². The third-order valence-corrected chi connectivity index (χ3v) is 6.79. The van der Waals surface area contributed by atoms with Crippen LogP contribution in [0.25, 0.3) is 11.1 Å². The number of carboxylic acid groups (broad SMARTS) is 1. The van der Waals surface area contributed by atoms with Crippen LogP contribution in [0.4, 0.5) is 30.2 Å². The maximum atomic E-state index is 13.6. The number of hydrogen-bond acceptors (Lipinski definition) is 5. The van der Waals surface area contributed by atoms with E-state index >= 15 is 0 Å². The molecule has 0 spiro atoms. The fourth-order valence-corrected chi connectivity index (χ4v) is 4.60. The predicted octanol–water partition coefficient (Wildman–Crippen LogP) is 7.39. The molecule has 7 nitrogen and oxygen atoms in total. The zero-order valence-electron chi connectivity index (χ0n) is 21.9. The summed E-state index contributed by atoms with van der Waals surface area (Å²) >= 11 is 0. The normalized spacial score (nSPS) is 14.0. The molecule has 0 aromatic heterocycles. The number of hydrogen-bond donors (Lipinski definition) is 3. The Kier molecular flexibility index (Phi) is 7.00. The highest BCUT2D eigenvalue weighted by atomic mass is 19.4. The second-order valence-corrected chi connectivity index (χ2v) is 9.78. The van der Waals surface area contributed by atoms with Crippen molar-refractivity contribution in [3.63, 3.8) is 0 Å². The lowest BCUT2D eigenvalue weighted by molar-refractivity contribution is -0.137. The van der Waals surface area contributed by atoms with Gasteiger partial charge in [0.2, 0.25) is 0 Å². The van der Waals surface area contributed by atoms with E-state index in [2.05, 4.69) is 10.5 Å². The minimum absolute atomic E-state index is 0.0335. The maximum absolute atomic E-state index is 13.6. The molecule has 0 saturated heterocycles. The van der Waals surface area contributed by atoms with Crippen LogP contribution in [-0.4, -0.2) is 27.8 Å². The molecular weight excluding hydrogens is 535 g/mol. The highest BCUT2D eigenvalue weighted by Gasteiger charge is 2.39. The van der Waals surface area contributed by atoms with Gasteiger partial charge in [0, 0.05) is 16.8 Å². The van der Waals surface area contributed by atoms with Crippen LogP contribution in [0.1, 0.15) is 46.8 Å². The topological polar surface area (TPSA) is 102 Å². The molecule has 1 amide bonds. The van der Waals surface area contributed by atoms with Crippen LogP contribution >= 0.6 is 0 Å². The molecule has 0 saturated carbocycles. The molecule has 1 aliphatic rings. The Balaban J connectivity index is 1.55. The number of halogens is 3. The average Bonchev–Trinajstić information content (AvgIpc) is 3.22. The number of phenols is 1. The number of fused-ring (bicyclic) bond motifs is 1. The van der Waals surface area contributed by atoms with E-state index in [1.165, 1.54) is 29.2 Å². The first-order chi connectivity index (χ1) is 19.5. The van der Waals surface area contributed by atoms with Gasteiger partial charge in [0.1, 0.15) is 5.75 Å². The number of carbonyl (C=O) groups excluding carboxylic acids is 1. The highest BCUT2D eigenvalue weighted by molar-refractivity contribution is 6.55. The molecule has 0 unspecified atom stereocenters. The third-order valence-electron chi connectivity index (χ3n) is 6.79. The zero-order chi connectivity index (χ0) is 29.5. The van der Waals surface area contributed by atoms with Crippen molar-refractivity contribution in [2.24, 2.45) is 5.10 Å². The Bertz CT molecular complexity index is 1700. The van der Waals surface area contributed by atoms with Crippen LogP contribution in [0.2, 0.25) is 0 Å². The van der Waals surface area contributed by atoms with Gasteiger partial charge in [0.05, 0.1) is 22.5 Å². The standard InChI is InChI=1S/C31H24F3N3O4/c1-17(2)18-9-12-22(13-10-18)37-26-16-21(31(32,33)34)11-14-24(26)27(29(37)39)36-35-25-8-4-7-23(28(25)38)19-5-3-6-20(15-19)30(40)41/h3-17,35,38H,1-2H3,(H,40,41). The highest BCUT2D eigenvalue weighted by Crippen LogP contribution is 2.41. The van der Waals surface area contributed by atoms with Gasteiger partial charge in [0.15, 0.2) is 5.71 Å². The van der Waals surface area contributed by atoms with Crippen LogP contribution in [0.15, 0.2) is 90.0 Å². The van der Waals surface area contributed by atoms with Crippen molar-refractivity contribution < 1.29 is 33.0 Å². The molecule has 10 heteroatoms. The van der Waals surface area contributed by atoms with Gasteiger partial charge in [-0.1, -0.05) is 50.2 Å². The number of rotatable bonds is 6. The molecule has 1 aliphatic heterocycles. The van der Waals surface area contributed by atoms with Gasteiger partial charge in [0.25, 0.3) is 5.91 Å². The second-order valence-electron chi connectivity index (χ2n) is 9.78. The van der Waals surface area contributed by atoms with Crippen LogP contribution in [0, 0.1) is 0 Å². The molecule has 1 heterocycles. The molecule has 0 atom stereocenters. The maximum Gasteiger partial charge on any atom is 0.416 e. The number of phenolic OH excluding ortho intramolecular Hbond substituents is 1. The van der Waals surface area contributed by atoms with Crippen molar-refractivity contribution in [3.05, 3.63) is 107 Å². The number of nitrogens with zero attached hydrogens (tertiary/aromatic N) is 2. The Morgan fingerprint density at radius 1 is 0.927 bits per heavy atom. The first-order valence-electron chi connectivity index (χ1n) is 12.6. The Morgan fingerprint density at radius 3 is 2.29 bits per heavy atom. The van der Waals surface area contributed by atoms with E-state index in [1.54, 1.807) is 36.4 Å². The molecule has 0 radical (unpaired) electrons. The van der Waals surface area contributed by atoms with Crippen molar-refractivity contribution in [1.29, 1.82) is 0 Å². The first kappa shape index (κ1) is 27.4. The summed E-state index contributed by atoms with van der Waals surface area (Å²) in [4.78, 5) is 26.2. The van der Waals surface area contributed by atoms with Gasteiger partial charge in [-0.25, -0.2) is 4.79 Å². The molecule has 0 fully saturated rings.